The SMILES string of the molecule is O=CC1N(Cc2ccccc2)C=NN1c1ccc(NCc2ccccc2)cc1. The summed E-state index contributed by atoms with van der Waals surface area (Å²) in [7, 11) is 0. The van der Waals surface area contributed by atoms with Crippen LogP contribution in [0.2, 0.25) is 0 Å². The first-order chi connectivity index (χ1) is 13.8. The van der Waals surface area contributed by atoms with E-state index in [4.69, 9.17) is 0 Å². The first-order valence-electron chi connectivity index (χ1n) is 9.30. The Morgan fingerprint density at radius 1 is 0.857 bits per heavy atom. The van der Waals surface area contributed by atoms with Crippen LogP contribution in [0.5, 0.6) is 0 Å². The highest BCUT2D eigenvalue weighted by atomic mass is 16.1. The van der Waals surface area contributed by atoms with Crippen LogP contribution in [0.25, 0.3) is 0 Å². The van der Waals surface area contributed by atoms with Crippen molar-refractivity contribution in [3.05, 3.63) is 96.1 Å². The zero-order chi connectivity index (χ0) is 19.2. The quantitative estimate of drug-likeness (QED) is 0.637. The molecule has 0 spiro atoms. The summed E-state index contributed by atoms with van der Waals surface area (Å²) in [6.07, 6.45) is 2.22. The number of hydrogen-bond donors (Lipinski definition) is 1. The molecule has 0 fully saturated rings. The zero-order valence-electron chi connectivity index (χ0n) is 15.5. The van der Waals surface area contributed by atoms with Crippen molar-refractivity contribution in [1.82, 2.24) is 4.90 Å². The Morgan fingerprint density at radius 2 is 1.50 bits per heavy atom. The Labute approximate surface area is 164 Å². The highest BCUT2D eigenvalue weighted by Crippen LogP contribution is 2.25. The number of rotatable bonds is 7. The van der Waals surface area contributed by atoms with E-state index in [2.05, 4.69) is 22.6 Å². The van der Waals surface area contributed by atoms with Crippen LogP contribution in [0.3, 0.4) is 0 Å². The summed E-state index contributed by atoms with van der Waals surface area (Å²) in [6, 6.07) is 28.3. The van der Waals surface area contributed by atoms with E-state index in [1.54, 1.807) is 11.3 Å². The Kier molecular flexibility index (Phi) is 5.33. The van der Waals surface area contributed by atoms with Crippen molar-refractivity contribution in [2.75, 3.05) is 10.3 Å². The summed E-state index contributed by atoms with van der Waals surface area (Å²) in [5.41, 5.74) is 4.28. The molecular formula is C23H22N4O. The molecule has 1 aliphatic heterocycles. The van der Waals surface area contributed by atoms with Gasteiger partial charge in [0.2, 0.25) is 0 Å². The monoisotopic (exact) mass is 370 g/mol. The molecule has 0 saturated carbocycles. The second-order valence-corrected chi connectivity index (χ2v) is 6.67. The predicted octanol–water partition coefficient (Wildman–Crippen LogP) is 4.09. The van der Waals surface area contributed by atoms with E-state index in [1.807, 2.05) is 77.7 Å². The van der Waals surface area contributed by atoms with E-state index >= 15 is 0 Å². The predicted molar refractivity (Wildman–Crippen MR) is 113 cm³/mol. The molecule has 1 unspecified atom stereocenters. The van der Waals surface area contributed by atoms with Crippen molar-refractivity contribution in [2.45, 2.75) is 19.3 Å². The third-order valence-corrected chi connectivity index (χ3v) is 4.72. The van der Waals surface area contributed by atoms with Crippen LogP contribution < -0.4 is 10.3 Å². The number of anilines is 2. The molecule has 0 bridgehead atoms. The van der Waals surface area contributed by atoms with Crippen LogP contribution in [0.15, 0.2) is 90.0 Å². The standard InChI is InChI=1S/C23H22N4O/c28-17-23-26(16-20-9-5-2-6-10-20)18-25-27(23)22-13-11-21(12-14-22)24-15-19-7-3-1-4-8-19/h1-14,17-18,23-24H,15-16H2. The Balaban J connectivity index is 1.41. The number of benzene rings is 3. The number of nitrogens with one attached hydrogen (secondary N) is 1. The number of aldehydes is 1. The lowest BCUT2D eigenvalue weighted by atomic mass is 10.2. The summed E-state index contributed by atoms with van der Waals surface area (Å²) in [5, 5.41) is 9.60. The smallest absolute Gasteiger partial charge is 0.181 e. The molecule has 3 aromatic carbocycles. The summed E-state index contributed by atoms with van der Waals surface area (Å²) in [4.78, 5) is 13.7. The Morgan fingerprint density at radius 3 is 2.14 bits per heavy atom. The summed E-state index contributed by atoms with van der Waals surface area (Å²) < 4.78 is 0. The average Bonchev–Trinajstić information content (AvgIpc) is 3.16. The van der Waals surface area contributed by atoms with Gasteiger partial charge in [0.05, 0.1) is 5.69 Å². The third kappa shape index (κ3) is 4.04. The first-order valence-corrected chi connectivity index (χ1v) is 9.30. The summed E-state index contributed by atoms with van der Waals surface area (Å²) in [5.74, 6) is 0. The molecule has 0 aliphatic carbocycles. The molecule has 0 radical (unpaired) electrons. The lowest BCUT2D eigenvalue weighted by Crippen LogP contribution is -2.40. The molecule has 0 amide bonds. The number of nitrogens with zero attached hydrogens (tertiary/aromatic N) is 3. The molecule has 0 aromatic heterocycles. The van der Waals surface area contributed by atoms with Crippen molar-refractivity contribution in [1.29, 1.82) is 0 Å². The summed E-state index contributed by atoms with van der Waals surface area (Å²) in [6.45, 7) is 1.41. The van der Waals surface area contributed by atoms with Gasteiger partial charge in [0.15, 0.2) is 12.5 Å². The minimum atomic E-state index is -0.441. The molecule has 3 aromatic rings. The van der Waals surface area contributed by atoms with Gasteiger partial charge in [0, 0.05) is 18.8 Å². The van der Waals surface area contributed by atoms with Gasteiger partial charge in [0.25, 0.3) is 0 Å². The van der Waals surface area contributed by atoms with Crippen molar-refractivity contribution < 1.29 is 4.79 Å². The van der Waals surface area contributed by atoms with Gasteiger partial charge in [-0.1, -0.05) is 60.7 Å². The van der Waals surface area contributed by atoms with Crippen molar-refractivity contribution in [3.8, 4) is 0 Å². The van der Waals surface area contributed by atoms with Crippen molar-refractivity contribution in [3.63, 3.8) is 0 Å². The van der Waals surface area contributed by atoms with Gasteiger partial charge in [-0.05, 0) is 35.4 Å². The highest BCUT2D eigenvalue weighted by Gasteiger charge is 2.28. The molecule has 1 aliphatic rings. The fourth-order valence-corrected chi connectivity index (χ4v) is 3.21. The molecule has 1 N–H and O–H groups in total. The topological polar surface area (TPSA) is 47.9 Å². The maximum atomic E-state index is 11.7. The van der Waals surface area contributed by atoms with Crippen molar-refractivity contribution >= 4 is 24.0 Å². The average molecular weight is 370 g/mol. The largest absolute Gasteiger partial charge is 0.381 e. The lowest BCUT2D eigenvalue weighted by Gasteiger charge is -2.26. The van der Waals surface area contributed by atoms with Crippen LogP contribution in [0.1, 0.15) is 11.1 Å². The molecular weight excluding hydrogens is 348 g/mol. The van der Waals surface area contributed by atoms with E-state index in [0.29, 0.717) is 6.54 Å². The van der Waals surface area contributed by atoms with Gasteiger partial charge in [0.1, 0.15) is 6.34 Å². The van der Waals surface area contributed by atoms with Crippen LogP contribution >= 0.6 is 0 Å². The fourth-order valence-electron chi connectivity index (χ4n) is 3.21. The van der Waals surface area contributed by atoms with Gasteiger partial charge in [-0.3, -0.25) is 4.79 Å². The summed E-state index contributed by atoms with van der Waals surface area (Å²) >= 11 is 0. The van der Waals surface area contributed by atoms with Gasteiger partial charge < -0.3 is 10.2 Å². The van der Waals surface area contributed by atoms with E-state index in [1.165, 1.54) is 5.56 Å². The van der Waals surface area contributed by atoms with Crippen LogP contribution in [0.4, 0.5) is 11.4 Å². The highest BCUT2D eigenvalue weighted by molar-refractivity contribution is 5.76. The minimum absolute atomic E-state index is 0.441. The second-order valence-electron chi connectivity index (χ2n) is 6.67. The van der Waals surface area contributed by atoms with Crippen molar-refractivity contribution in [2.24, 2.45) is 5.10 Å². The fraction of sp³-hybridized carbons (Fsp3) is 0.130. The number of hydrogen-bond acceptors (Lipinski definition) is 5. The lowest BCUT2D eigenvalue weighted by molar-refractivity contribution is -0.111. The molecule has 5 nitrogen and oxygen atoms in total. The first kappa shape index (κ1) is 17.8. The van der Waals surface area contributed by atoms with Gasteiger partial charge in [-0.2, -0.15) is 5.10 Å². The Hall–Kier alpha value is -3.60. The zero-order valence-corrected chi connectivity index (χ0v) is 15.5. The maximum Gasteiger partial charge on any atom is 0.181 e. The van der Waals surface area contributed by atoms with E-state index in [9.17, 15) is 4.79 Å². The number of carbonyl (C=O) groups excluding carboxylic acids is 1. The van der Waals surface area contributed by atoms with E-state index in [-0.39, 0.29) is 0 Å². The van der Waals surface area contributed by atoms with E-state index in [0.717, 1.165) is 29.8 Å². The van der Waals surface area contributed by atoms with Gasteiger partial charge in [-0.25, -0.2) is 5.01 Å². The van der Waals surface area contributed by atoms with Gasteiger partial charge >= 0.3 is 0 Å². The molecule has 1 atom stereocenters. The molecule has 28 heavy (non-hydrogen) atoms. The molecule has 4 rings (SSSR count). The Bertz CT molecular complexity index is 926. The van der Waals surface area contributed by atoms with E-state index < -0.39 is 6.17 Å². The molecule has 0 saturated heterocycles. The van der Waals surface area contributed by atoms with Crippen LogP contribution in [0, 0.1) is 0 Å². The molecule has 5 heteroatoms. The molecule has 1 heterocycles. The maximum absolute atomic E-state index is 11.7. The molecule has 140 valence electrons. The number of hydrazone groups is 1. The minimum Gasteiger partial charge on any atom is -0.381 e. The number of carbonyl (C=O) groups is 1. The third-order valence-electron chi connectivity index (χ3n) is 4.72. The van der Waals surface area contributed by atoms with Crippen LogP contribution in [-0.4, -0.2) is 23.7 Å². The normalized spacial score (nSPS) is 15.6. The van der Waals surface area contributed by atoms with Crippen LogP contribution in [-0.2, 0) is 17.9 Å². The van der Waals surface area contributed by atoms with Gasteiger partial charge in [-0.15, -0.1) is 0 Å². The second kappa shape index (κ2) is 8.39.